The van der Waals surface area contributed by atoms with E-state index in [2.05, 4.69) is 15.1 Å². The molecule has 2 N–H and O–H groups in total. The third-order valence-corrected chi connectivity index (χ3v) is 3.76. The van der Waals surface area contributed by atoms with Crippen molar-refractivity contribution in [2.45, 2.75) is 13.1 Å². The first kappa shape index (κ1) is 20.9. The van der Waals surface area contributed by atoms with Crippen LogP contribution in [0.3, 0.4) is 0 Å². The Morgan fingerprint density at radius 1 is 1.33 bits per heavy atom. The summed E-state index contributed by atoms with van der Waals surface area (Å²) in [4.78, 5) is 18.9. The van der Waals surface area contributed by atoms with Crippen molar-refractivity contribution in [1.29, 1.82) is 0 Å². The number of alkyl halides is 3. The second-order valence-corrected chi connectivity index (χ2v) is 5.31. The zero-order valence-electron chi connectivity index (χ0n) is 14.5. The van der Waals surface area contributed by atoms with Gasteiger partial charge in [-0.25, -0.2) is 14.5 Å². The Morgan fingerprint density at radius 3 is 2.56 bits per heavy atom. The molecule has 3 aromatic rings. The van der Waals surface area contributed by atoms with E-state index in [1.54, 1.807) is 0 Å². The fraction of sp³-hybridized carbons (Fsp3) is 0.200. The first-order chi connectivity index (χ1) is 12.1. The zero-order valence-corrected chi connectivity index (χ0v) is 16.5. The minimum atomic E-state index is -4.71. The maximum absolute atomic E-state index is 13.4. The Balaban J connectivity index is 0.00000261. The average Bonchev–Trinajstić information content (AvgIpc) is 2.95. The van der Waals surface area contributed by atoms with Gasteiger partial charge in [-0.15, -0.1) is 0 Å². The fourth-order valence-electron chi connectivity index (χ4n) is 2.62. The van der Waals surface area contributed by atoms with Crippen LogP contribution in [-0.4, -0.2) is 32.7 Å². The Labute approximate surface area is 172 Å². The summed E-state index contributed by atoms with van der Waals surface area (Å²) < 4.78 is 46.0. The number of methoxy groups -OCH3 is 1. The number of aromatic nitrogens is 4. The smallest absolute Gasteiger partial charge is 0.545 e. The molecule has 136 valence electrons. The van der Waals surface area contributed by atoms with E-state index in [0.717, 1.165) is 23.0 Å². The summed E-state index contributed by atoms with van der Waals surface area (Å²) in [5.41, 5.74) is 4.01. The van der Waals surface area contributed by atoms with Crippen molar-refractivity contribution in [3.8, 4) is 17.1 Å². The quantitative estimate of drug-likeness (QED) is 0.519. The number of carbonyl (C=O) groups is 1. The molecule has 27 heavy (non-hydrogen) atoms. The number of carboxylic acid groups (broad SMARTS) is 1. The standard InChI is InChI=1S/C15H12F3N5O3.Na/c1-6-7(3-8(14(24)25)13(22-6)26-2)10-4-9(15(16,17)18)11-12(19)20-5-21-23(10)11;/h3-5H,1-2H3,(H,24,25)(H2,19,20,21);/q;+1/p-1. The number of fused-ring (bicyclic) bond motifs is 1. The Hall–Kier alpha value is -2.37. The molecule has 0 radical (unpaired) electrons. The molecule has 0 spiro atoms. The minimum Gasteiger partial charge on any atom is -0.545 e. The van der Waals surface area contributed by atoms with Crippen LogP contribution in [0.1, 0.15) is 21.6 Å². The van der Waals surface area contributed by atoms with Crippen molar-refractivity contribution in [3.05, 3.63) is 35.3 Å². The number of halogens is 3. The van der Waals surface area contributed by atoms with Crippen LogP contribution in [0.2, 0.25) is 0 Å². The maximum atomic E-state index is 13.4. The van der Waals surface area contributed by atoms with Crippen LogP contribution in [0.15, 0.2) is 18.5 Å². The van der Waals surface area contributed by atoms with E-state index in [0.29, 0.717) is 0 Å². The number of pyridine rings is 1. The number of carboxylic acids is 1. The molecule has 0 aliphatic heterocycles. The van der Waals surface area contributed by atoms with Crippen molar-refractivity contribution >= 4 is 17.3 Å². The summed E-state index contributed by atoms with van der Waals surface area (Å²) in [6.45, 7) is 1.49. The molecule has 12 heteroatoms. The number of nitrogen functional groups attached to an aromatic ring is 1. The van der Waals surface area contributed by atoms with Gasteiger partial charge in [0, 0.05) is 5.56 Å². The summed E-state index contributed by atoms with van der Waals surface area (Å²) in [6.07, 6.45) is -3.72. The number of ether oxygens (including phenoxy) is 1. The molecular weight excluding hydrogens is 378 g/mol. The van der Waals surface area contributed by atoms with Crippen LogP contribution in [0.4, 0.5) is 19.0 Å². The molecule has 0 saturated carbocycles. The molecule has 8 nitrogen and oxygen atoms in total. The van der Waals surface area contributed by atoms with Gasteiger partial charge in [-0.2, -0.15) is 18.3 Å². The van der Waals surface area contributed by atoms with Gasteiger partial charge in [-0.05, 0) is 19.1 Å². The van der Waals surface area contributed by atoms with Gasteiger partial charge in [-0.3, -0.25) is 0 Å². The van der Waals surface area contributed by atoms with Gasteiger partial charge in [0.05, 0.1) is 35.6 Å². The first-order valence-electron chi connectivity index (χ1n) is 7.12. The zero-order chi connectivity index (χ0) is 19.2. The molecule has 0 aromatic carbocycles. The van der Waals surface area contributed by atoms with Crippen molar-refractivity contribution in [2.24, 2.45) is 0 Å². The van der Waals surface area contributed by atoms with Crippen molar-refractivity contribution in [1.82, 2.24) is 19.6 Å². The number of aromatic carboxylic acids is 1. The molecule has 0 aliphatic carbocycles. The number of hydrogen-bond donors (Lipinski definition) is 1. The number of nitrogens with two attached hydrogens (primary N) is 1. The van der Waals surface area contributed by atoms with Crippen molar-refractivity contribution < 1.29 is 57.4 Å². The Morgan fingerprint density at radius 2 is 2.00 bits per heavy atom. The number of nitrogens with zero attached hydrogens (tertiary/aromatic N) is 4. The monoisotopic (exact) mass is 389 g/mol. The van der Waals surface area contributed by atoms with E-state index in [1.165, 1.54) is 14.0 Å². The Kier molecular flexibility index (Phi) is 5.68. The number of carbonyl (C=O) groups excluding carboxylic acids is 1. The van der Waals surface area contributed by atoms with E-state index >= 15 is 0 Å². The van der Waals surface area contributed by atoms with Gasteiger partial charge in [0.15, 0.2) is 5.82 Å². The molecule has 3 aromatic heterocycles. The van der Waals surface area contributed by atoms with Gasteiger partial charge in [0.2, 0.25) is 5.88 Å². The molecule has 0 unspecified atom stereocenters. The average molecular weight is 389 g/mol. The predicted octanol–water partition coefficient (Wildman–Crippen LogP) is -1.92. The molecular formula is C15H11F3N5NaO3. The summed E-state index contributed by atoms with van der Waals surface area (Å²) >= 11 is 0. The predicted molar refractivity (Wildman–Crippen MR) is 81.3 cm³/mol. The second kappa shape index (κ2) is 7.33. The van der Waals surface area contributed by atoms with E-state index < -0.39 is 28.8 Å². The molecule has 0 fully saturated rings. The van der Waals surface area contributed by atoms with Crippen molar-refractivity contribution in [3.63, 3.8) is 0 Å². The SMILES string of the molecule is COc1nc(C)c(-c2cc(C(F)(F)F)c3c(N)ncnn23)cc1C(=O)[O-].[Na+]. The van der Waals surface area contributed by atoms with E-state index in [1.807, 2.05) is 0 Å². The van der Waals surface area contributed by atoms with Crippen LogP contribution >= 0.6 is 0 Å². The van der Waals surface area contributed by atoms with E-state index in [9.17, 15) is 23.1 Å². The van der Waals surface area contributed by atoms with Crippen LogP contribution in [0.25, 0.3) is 16.8 Å². The summed E-state index contributed by atoms with van der Waals surface area (Å²) in [6, 6.07) is 1.94. The number of anilines is 1. The molecule has 0 saturated heterocycles. The van der Waals surface area contributed by atoms with Gasteiger partial charge in [0.1, 0.15) is 11.8 Å². The summed E-state index contributed by atoms with van der Waals surface area (Å²) in [5.74, 6) is -2.16. The van der Waals surface area contributed by atoms with E-state index in [4.69, 9.17) is 10.5 Å². The molecule has 3 heterocycles. The van der Waals surface area contributed by atoms with Gasteiger partial charge in [0.25, 0.3) is 0 Å². The van der Waals surface area contributed by atoms with Crippen LogP contribution in [0.5, 0.6) is 5.88 Å². The fourth-order valence-corrected chi connectivity index (χ4v) is 2.62. The molecule has 0 atom stereocenters. The number of hydrogen-bond acceptors (Lipinski definition) is 7. The Bertz CT molecular complexity index is 1040. The van der Waals surface area contributed by atoms with Gasteiger partial charge >= 0.3 is 35.7 Å². The largest absolute Gasteiger partial charge is 1.00 e. The van der Waals surface area contributed by atoms with Gasteiger partial charge < -0.3 is 20.4 Å². The van der Waals surface area contributed by atoms with Crippen LogP contribution in [-0.2, 0) is 6.18 Å². The normalized spacial score (nSPS) is 11.3. The summed E-state index contributed by atoms with van der Waals surface area (Å²) in [5, 5.41) is 15.1. The van der Waals surface area contributed by atoms with Gasteiger partial charge in [-0.1, -0.05) is 0 Å². The third-order valence-electron chi connectivity index (χ3n) is 3.76. The molecule has 0 aliphatic rings. The first-order valence-corrected chi connectivity index (χ1v) is 7.12. The molecule has 0 bridgehead atoms. The second-order valence-electron chi connectivity index (χ2n) is 5.31. The minimum absolute atomic E-state index is 0. The summed E-state index contributed by atoms with van der Waals surface area (Å²) in [7, 11) is 1.22. The van der Waals surface area contributed by atoms with E-state index in [-0.39, 0.29) is 58.2 Å². The van der Waals surface area contributed by atoms with Crippen molar-refractivity contribution in [2.75, 3.05) is 12.8 Å². The third kappa shape index (κ3) is 3.57. The topological polar surface area (TPSA) is 118 Å². The number of rotatable bonds is 3. The number of aryl methyl sites for hydroxylation is 1. The molecule has 0 amide bonds. The van der Waals surface area contributed by atoms with Crippen LogP contribution < -0.4 is 45.1 Å². The van der Waals surface area contributed by atoms with Crippen LogP contribution in [0, 0.1) is 6.92 Å². The molecule has 3 rings (SSSR count). The maximum Gasteiger partial charge on any atom is 1.00 e.